The summed E-state index contributed by atoms with van der Waals surface area (Å²) in [4.78, 5) is 14.3. The molecule has 0 heterocycles. The third kappa shape index (κ3) is 3.86. The predicted octanol–water partition coefficient (Wildman–Crippen LogP) is 2.73. The maximum absolute atomic E-state index is 12.2. The van der Waals surface area contributed by atoms with Crippen molar-refractivity contribution in [1.29, 1.82) is 0 Å². The number of nitrogens with zero attached hydrogens (tertiary/aromatic N) is 1. The maximum Gasteiger partial charge on any atom is 0.255 e. The van der Waals surface area contributed by atoms with Crippen LogP contribution < -0.4 is 5.32 Å². The normalized spacial score (nSPS) is 12.2. The van der Waals surface area contributed by atoms with Gasteiger partial charge in [0, 0.05) is 6.54 Å². The van der Waals surface area contributed by atoms with Crippen LogP contribution in [0.4, 0.5) is 0 Å². The van der Waals surface area contributed by atoms with E-state index in [0.29, 0.717) is 12.1 Å². The van der Waals surface area contributed by atoms with Crippen molar-refractivity contribution in [3.05, 3.63) is 65.2 Å². The highest BCUT2D eigenvalue weighted by molar-refractivity contribution is 5.96. The van der Waals surface area contributed by atoms with E-state index in [2.05, 4.69) is 10.2 Å². The molecule has 4 nitrogen and oxygen atoms in total. The first kappa shape index (κ1) is 16.0. The summed E-state index contributed by atoms with van der Waals surface area (Å²) in [7, 11) is 3.96. The van der Waals surface area contributed by atoms with Crippen LogP contribution in [-0.2, 0) is 0 Å². The molecular weight excluding hydrogens is 276 g/mol. The Labute approximate surface area is 131 Å². The fraction of sp³-hybridized carbons (Fsp3) is 0.278. The van der Waals surface area contributed by atoms with Crippen LogP contribution in [0.2, 0.25) is 0 Å². The number of nitrogens with one attached hydrogen (secondary N) is 1. The van der Waals surface area contributed by atoms with Gasteiger partial charge in [0.25, 0.3) is 5.91 Å². The average Bonchev–Trinajstić information content (AvgIpc) is 2.48. The Morgan fingerprint density at radius 3 is 2.45 bits per heavy atom. The Balaban J connectivity index is 2.08. The molecule has 1 amide bonds. The van der Waals surface area contributed by atoms with Crippen LogP contribution in [0.1, 0.15) is 27.5 Å². The fourth-order valence-electron chi connectivity index (χ4n) is 2.39. The predicted molar refractivity (Wildman–Crippen MR) is 88.0 cm³/mol. The van der Waals surface area contributed by atoms with Gasteiger partial charge in [0.2, 0.25) is 0 Å². The molecule has 116 valence electrons. The SMILES string of the molecule is Cc1ccc(C(=O)NCC(c2ccccc2)N(C)C)c(O)c1. The summed E-state index contributed by atoms with van der Waals surface area (Å²) in [5, 5.41) is 12.8. The van der Waals surface area contributed by atoms with Gasteiger partial charge in [0.15, 0.2) is 0 Å². The molecule has 0 saturated heterocycles. The minimum Gasteiger partial charge on any atom is -0.507 e. The molecule has 22 heavy (non-hydrogen) atoms. The summed E-state index contributed by atoms with van der Waals surface area (Å²) >= 11 is 0. The molecule has 2 N–H and O–H groups in total. The first-order valence-corrected chi connectivity index (χ1v) is 7.28. The zero-order chi connectivity index (χ0) is 16.1. The highest BCUT2D eigenvalue weighted by Crippen LogP contribution is 2.20. The fourth-order valence-corrected chi connectivity index (χ4v) is 2.39. The number of rotatable bonds is 5. The number of aryl methyl sites for hydroxylation is 1. The van der Waals surface area contributed by atoms with Gasteiger partial charge in [-0.05, 0) is 44.3 Å². The molecule has 2 aromatic rings. The second-order valence-electron chi connectivity index (χ2n) is 5.62. The van der Waals surface area contributed by atoms with Crippen LogP contribution in [0, 0.1) is 6.92 Å². The topological polar surface area (TPSA) is 52.6 Å². The van der Waals surface area contributed by atoms with Crippen LogP contribution in [-0.4, -0.2) is 36.6 Å². The Morgan fingerprint density at radius 1 is 1.18 bits per heavy atom. The Kier molecular flexibility index (Phi) is 5.17. The highest BCUT2D eigenvalue weighted by Gasteiger charge is 2.17. The summed E-state index contributed by atoms with van der Waals surface area (Å²) in [5.41, 5.74) is 2.36. The minimum atomic E-state index is -0.264. The van der Waals surface area contributed by atoms with Crippen molar-refractivity contribution in [3.8, 4) is 5.75 Å². The average molecular weight is 298 g/mol. The van der Waals surface area contributed by atoms with Crippen LogP contribution >= 0.6 is 0 Å². The van der Waals surface area contributed by atoms with Crippen molar-refractivity contribution >= 4 is 5.91 Å². The second-order valence-corrected chi connectivity index (χ2v) is 5.62. The summed E-state index contributed by atoms with van der Waals surface area (Å²) < 4.78 is 0. The smallest absolute Gasteiger partial charge is 0.255 e. The molecule has 4 heteroatoms. The number of carbonyl (C=O) groups is 1. The Bertz CT molecular complexity index is 639. The van der Waals surface area contributed by atoms with E-state index in [1.807, 2.05) is 57.4 Å². The lowest BCUT2D eigenvalue weighted by molar-refractivity contribution is 0.0939. The third-order valence-electron chi connectivity index (χ3n) is 3.66. The van der Waals surface area contributed by atoms with Crippen molar-refractivity contribution in [2.45, 2.75) is 13.0 Å². The second kappa shape index (κ2) is 7.09. The van der Waals surface area contributed by atoms with Gasteiger partial charge >= 0.3 is 0 Å². The molecule has 0 aliphatic carbocycles. The minimum absolute atomic E-state index is 0.0126. The van der Waals surface area contributed by atoms with Gasteiger partial charge in [-0.15, -0.1) is 0 Å². The lowest BCUT2D eigenvalue weighted by atomic mass is 10.1. The molecule has 0 radical (unpaired) electrons. The number of phenols is 1. The number of hydrogen-bond acceptors (Lipinski definition) is 3. The molecule has 0 bridgehead atoms. The van der Waals surface area contributed by atoms with Gasteiger partial charge in [0.1, 0.15) is 5.75 Å². The number of likely N-dealkylation sites (N-methyl/N-ethyl adjacent to an activating group) is 1. The van der Waals surface area contributed by atoms with E-state index in [1.54, 1.807) is 12.1 Å². The van der Waals surface area contributed by atoms with Gasteiger partial charge in [-0.1, -0.05) is 36.4 Å². The third-order valence-corrected chi connectivity index (χ3v) is 3.66. The summed E-state index contributed by atoms with van der Waals surface area (Å²) in [6.45, 7) is 2.35. The monoisotopic (exact) mass is 298 g/mol. The maximum atomic E-state index is 12.2. The van der Waals surface area contributed by atoms with Crippen molar-refractivity contribution < 1.29 is 9.90 Å². The van der Waals surface area contributed by atoms with Gasteiger partial charge in [-0.2, -0.15) is 0 Å². The summed E-state index contributed by atoms with van der Waals surface area (Å²) in [6.07, 6.45) is 0. The number of aromatic hydroxyl groups is 1. The lowest BCUT2D eigenvalue weighted by Gasteiger charge is -2.25. The molecule has 1 unspecified atom stereocenters. The first-order chi connectivity index (χ1) is 10.5. The largest absolute Gasteiger partial charge is 0.507 e. The first-order valence-electron chi connectivity index (χ1n) is 7.28. The van der Waals surface area contributed by atoms with Crippen LogP contribution in [0.15, 0.2) is 48.5 Å². The Hall–Kier alpha value is -2.33. The standard InChI is InChI=1S/C18H22N2O2/c1-13-9-10-15(17(21)11-13)18(22)19-12-16(20(2)3)14-7-5-4-6-8-14/h4-11,16,21H,12H2,1-3H3,(H,19,22). The number of benzene rings is 2. The summed E-state index contributed by atoms with van der Waals surface area (Å²) in [5.74, 6) is -0.251. The van der Waals surface area contributed by atoms with E-state index in [-0.39, 0.29) is 17.7 Å². The van der Waals surface area contributed by atoms with Crippen molar-refractivity contribution in [1.82, 2.24) is 10.2 Å². The van der Waals surface area contributed by atoms with Gasteiger partial charge in [0.05, 0.1) is 11.6 Å². The molecule has 1 atom stereocenters. The molecule has 0 spiro atoms. The highest BCUT2D eigenvalue weighted by atomic mass is 16.3. The van der Waals surface area contributed by atoms with E-state index in [9.17, 15) is 9.90 Å². The zero-order valence-corrected chi connectivity index (χ0v) is 13.2. The van der Waals surface area contributed by atoms with Gasteiger partial charge in [-0.25, -0.2) is 0 Å². The van der Waals surface area contributed by atoms with Crippen molar-refractivity contribution in [3.63, 3.8) is 0 Å². The molecule has 0 saturated carbocycles. The van der Waals surface area contributed by atoms with E-state index in [0.717, 1.165) is 11.1 Å². The summed E-state index contributed by atoms with van der Waals surface area (Å²) in [6, 6.07) is 15.2. The molecule has 0 aliphatic rings. The van der Waals surface area contributed by atoms with Crippen LogP contribution in [0.5, 0.6) is 5.75 Å². The number of amides is 1. The van der Waals surface area contributed by atoms with E-state index in [4.69, 9.17) is 0 Å². The lowest BCUT2D eigenvalue weighted by Crippen LogP contribution is -2.34. The molecular formula is C18H22N2O2. The van der Waals surface area contributed by atoms with Crippen molar-refractivity contribution in [2.75, 3.05) is 20.6 Å². The van der Waals surface area contributed by atoms with Gasteiger partial charge < -0.3 is 15.3 Å². The molecule has 0 fully saturated rings. The number of carbonyl (C=O) groups excluding carboxylic acids is 1. The van der Waals surface area contributed by atoms with Crippen LogP contribution in [0.25, 0.3) is 0 Å². The van der Waals surface area contributed by atoms with Crippen molar-refractivity contribution in [2.24, 2.45) is 0 Å². The van der Waals surface area contributed by atoms with Gasteiger partial charge in [-0.3, -0.25) is 4.79 Å². The molecule has 2 aromatic carbocycles. The zero-order valence-electron chi connectivity index (χ0n) is 13.2. The number of hydrogen-bond donors (Lipinski definition) is 2. The molecule has 2 rings (SSSR count). The quantitative estimate of drug-likeness (QED) is 0.892. The van der Waals surface area contributed by atoms with Crippen LogP contribution in [0.3, 0.4) is 0 Å². The molecule has 0 aromatic heterocycles. The number of phenolic OH excluding ortho intramolecular Hbond substituents is 1. The molecule has 0 aliphatic heterocycles. The van der Waals surface area contributed by atoms with E-state index >= 15 is 0 Å². The Morgan fingerprint density at radius 2 is 1.86 bits per heavy atom. The van der Waals surface area contributed by atoms with E-state index in [1.165, 1.54) is 0 Å². The van der Waals surface area contributed by atoms with E-state index < -0.39 is 0 Å².